The van der Waals surface area contributed by atoms with Crippen molar-refractivity contribution in [3.05, 3.63) is 218 Å². The molecule has 0 radical (unpaired) electrons. The van der Waals surface area contributed by atoms with Gasteiger partial charge in [0.05, 0.1) is 0 Å². The third-order valence-corrected chi connectivity index (χ3v) is 13.0. The third kappa shape index (κ3) is 5.22. The van der Waals surface area contributed by atoms with E-state index in [0.29, 0.717) is 6.54 Å². The second-order valence-electron chi connectivity index (χ2n) is 16.4. The molecular formula is C59H37NO. The monoisotopic (exact) mass is 775 g/mol. The molecule has 0 aliphatic carbocycles. The Hall–Kier alpha value is -7.94. The molecule has 1 heterocycles. The highest BCUT2D eigenvalue weighted by Crippen LogP contribution is 2.45. The molecule has 0 N–H and O–H groups in total. The third-order valence-electron chi connectivity index (χ3n) is 13.0. The first-order valence-corrected chi connectivity index (χ1v) is 21.1. The molecule has 0 saturated heterocycles. The van der Waals surface area contributed by atoms with Crippen LogP contribution in [0.5, 0.6) is 0 Å². The van der Waals surface area contributed by atoms with Crippen LogP contribution < -0.4 is 4.90 Å². The molecule has 0 unspecified atom stereocenters. The van der Waals surface area contributed by atoms with Gasteiger partial charge in [-0.3, -0.25) is 0 Å². The van der Waals surface area contributed by atoms with Crippen LogP contribution in [-0.2, 0) is 6.54 Å². The van der Waals surface area contributed by atoms with Gasteiger partial charge in [0.15, 0.2) is 0 Å². The fourth-order valence-corrected chi connectivity index (χ4v) is 10.3. The van der Waals surface area contributed by atoms with Crippen LogP contribution >= 0.6 is 0 Å². The van der Waals surface area contributed by atoms with E-state index >= 15 is 0 Å². The van der Waals surface area contributed by atoms with Gasteiger partial charge in [-0.25, -0.2) is 0 Å². The summed E-state index contributed by atoms with van der Waals surface area (Å²) in [5.41, 5.74) is 9.89. The van der Waals surface area contributed by atoms with Crippen molar-refractivity contribution >= 4 is 97.9 Å². The molecule has 0 fully saturated rings. The Morgan fingerprint density at radius 1 is 0.344 bits per heavy atom. The molecule has 0 aliphatic heterocycles. The Labute approximate surface area is 352 Å². The highest BCUT2D eigenvalue weighted by atomic mass is 16.3. The van der Waals surface area contributed by atoms with Gasteiger partial charge in [0.25, 0.3) is 0 Å². The quantitative estimate of drug-likeness (QED) is 0.156. The summed E-state index contributed by atoms with van der Waals surface area (Å²) in [4.78, 5) is 2.50. The first kappa shape index (κ1) is 34.0. The van der Waals surface area contributed by atoms with E-state index in [1.807, 2.05) is 6.07 Å². The molecule has 2 heteroatoms. The van der Waals surface area contributed by atoms with Crippen molar-refractivity contribution in [2.75, 3.05) is 4.90 Å². The molecule has 0 amide bonds. The molecule has 1 aromatic heterocycles. The van der Waals surface area contributed by atoms with Gasteiger partial charge in [-0.2, -0.15) is 0 Å². The second-order valence-corrected chi connectivity index (χ2v) is 16.4. The van der Waals surface area contributed by atoms with Crippen molar-refractivity contribution in [2.24, 2.45) is 0 Å². The minimum atomic E-state index is 0.654. The summed E-state index contributed by atoms with van der Waals surface area (Å²) < 4.78 is 6.57. The van der Waals surface area contributed by atoms with E-state index in [-0.39, 0.29) is 0 Å². The summed E-state index contributed by atoms with van der Waals surface area (Å²) in [5, 5.41) is 17.7. The molecule has 12 aromatic carbocycles. The van der Waals surface area contributed by atoms with Crippen molar-refractivity contribution in [3.8, 4) is 22.3 Å². The van der Waals surface area contributed by atoms with Gasteiger partial charge in [0, 0.05) is 39.8 Å². The molecule has 61 heavy (non-hydrogen) atoms. The van der Waals surface area contributed by atoms with Crippen LogP contribution in [0.2, 0.25) is 0 Å². The largest absolute Gasteiger partial charge is 0.455 e. The number of furan rings is 1. The summed E-state index contributed by atoms with van der Waals surface area (Å²) in [6, 6.07) is 78.0. The Morgan fingerprint density at radius 3 is 1.64 bits per heavy atom. The minimum Gasteiger partial charge on any atom is -0.455 e. The van der Waals surface area contributed by atoms with E-state index in [0.717, 1.165) is 44.4 Å². The van der Waals surface area contributed by atoms with Crippen LogP contribution in [0, 0.1) is 0 Å². The summed E-state index contributed by atoms with van der Waals surface area (Å²) in [7, 11) is 0. The predicted octanol–water partition coefficient (Wildman–Crippen LogP) is 16.6. The van der Waals surface area contributed by atoms with E-state index in [4.69, 9.17) is 4.42 Å². The zero-order valence-corrected chi connectivity index (χ0v) is 33.3. The fraction of sp³-hybridized carbons (Fsp3) is 0.0169. The van der Waals surface area contributed by atoms with Crippen LogP contribution in [0.4, 0.5) is 11.4 Å². The Bertz CT molecular complexity index is 3850. The summed E-state index contributed by atoms with van der Waals surface area (Å²) in [5.74, 6) is 0. The van der Waals surface area contributed by atoms with E-state index in [1.54, 1.807) is 0 Å². The summed E-state index contributed by atoms with van der Waals surface area (Å²) >= 11 is 0. The number of rotatable bonds is 6. The topological polar surface area (TPSA) is 16.4 Å². The standard InChI is InChI=1S/C59H37NO/c1-2-13-38(14-3-1)45-20-4-6-27-53(45)60(44-19-8-18-42(35-44)46-22-12-26-51-47-21-5-7-28-54(47)61-59(46)51)36-37-33-43-32-31-41-16-10-24-49-48-23-9-15-39-29-30-40-17-11-25-50(57(40)55(39)48)52(34-37)58(43)56(41)49/h1-35H,36H2. The van der Waals surface area contributed by atoms with Crippen molar-refractivity contribution in [2.45, 2.75) is 6.54 Å². The zero-order valence-electron chi connectivity index (χ0n) is 33.3. The first-order chi connectivity index (χ1) is 30.2. The molecule has 0 aliphatic rings. The van der Waals surface area contributed by atoms with Gasteiger partial charge in [0.1, 0.15) is 11.2 Å². The number of hydrogen-bond acceptors (Lipinski definition) is 2. The lowest BCUT2D eigenvalue weighted by molar-refractivity contribution is 0.670. The van der Waals surface area contributed by atoms with Gasteiger partial charge in [-0.15, -0.1) is 0 Å². The van der Waals surface area contributed by atoms with Crippen LogP contribution in [0.25, 0.3) is 109 Å². The minimum absolute atomic E-state index is 0.654. The predicted molar refractivity (Wildman–Crippen MR) is 260 cm³/mol. The van der Waals surface area contributed by atoms with E-state index in [1.165, 1.54) is 81.3 Å². The lowest BCUT2D eigenvalue weighted by Crippen LogP contribution is -2.17. The van der Waals surface area contributed by atoms with E-state index in [2.05, 4.69) is 211 Å². The lowest BCUT2D eigenvalue weighted by Gasteiger charge is -2.29. The van der Waals surface area contributed by atoms with Crippen molar-refractivity contribution < 1.29 is 4.42 Å². The molecular weight excluding hydrogens is 739 g/mol. The molecule has 0 atom stereocenters. The maximum absolute atomic E-state index is 6.57. The number of hydrogen-bond donors (Lipinski definition) is 0. The molecule has 13 rings (SSSR count). The molecule has 13 aromatic rings. The number of benzene rings is 11. The van der Waals surface area contributed by atoms with Crippen molar-refractivity contribution in [1.29, 1.82) is 0 Å². The van der Waals surface area contributed by atoms with E-state index in [9.17, 15) is 0 Å². The second kappa shape index (κ2) is 13.3. The number of para-hydroxylation sites is 3. The summed E-state index contributed by atoms with van der Waals surface area (Å²) in [6.45, 7) is 0.654. The number of fused-ring (bicyclic) bond motifs is 5. The van der Waals surface area contributed by atoms with Gasteiger partial charge in [-0.1, -0.05) is 176 Å². The van der Waals surface area contributed by atoms with E-state index < -0.39 is 0 Å². The zero-order chi connectivity index (χ0) is 40.0. The molecule has 0 saturated carbocycles. The lowest BCUT2D eigenvalue weighted by atomic mass is 9.87. The normalized spacial score (nSPS) is 12.0. The van der Waals surface area contributed by atoms with Gasteiger partial charge >= 0.3 is 0 Å². The fourth-order valence-electron chi connectivity index (χ4n) is 10.3. The average Bonchev–Trinajstić information content (AvgIpc) is 3.71. The maximum Gasteiger partial charge on any atom is 0.143 e. The molecule has 284 valence electrons. The van der Waals surface area contributed by atoms with Gasteiger partial charge in [0.2, 0.25) is 0 Å². The molecule has 2 nitrogen and oxygen atoms in total. The Morgan fingerprint density at radius 2 is 0.885 bits per heavy atom. The number of nitrogens with zero attached hydrogens (tertiary/aromatic N) is 1. The van der Waals surface area contributed by atoms with Gasteiger partial charge < -0.3 is 9.32 Å². The smallest absolute Gasteiger partial charge is 0.143 e. The highest BCUT2D eigenvalue weighted by Gasteiger charge is 2.21. The molecule has 0 spiro atoms. The maximum atomic E-state index is 6.57. The Balaban J connectivity index is 1.08. The Kier molecular flexibility index (Phi) is 7.40. The van der Waals surface area contributed by atoms with Crippen LogP contribution in [0.15, 0.2) is 217 Å². The van der Waals surface area contributed by atoms with Crippen LogP contribution in [0.3, 0.4) is 0 Å². The molecule has 0 bridgehead atoms. The number of anilines is 2. The summed E-state index contributed by atoms with van der Waals surface area (Å²) in [6.07, 6.45) is 0. The first-order valence-electron chi connectivity index (χ1n) is 21.1. The van der Waals surface area contributed by atoms with Crippen LogP contribution in [-0.4, -0.2) is 0 Å². The average molecular weight is 776 g/mol. The van der Waals surface area contributed by atoms with Crippen molar-refractivity contribution in [3.63, 3.8) is 0 Å². The van der Waals surface area contributed by atoms with Crippen molar-refractivity contribution in [1.82, 2.24) is 0 Å². The van der Waals surface area contributed by atoms with Gasteiger partial charge in [-0.05, 0) is 118 Å². The SMILES string of the molecule is c1ccc(-c2ccccc2N(Cc2cc3ccc4cccc5c6cccc7ccc8cccc(c(c2)c3c45)c8c76)c2cccc(-c3cccc4c3oc3ccccc34)c2)cc1. The van der Waals surface area contributed by atoms with Crippen LogP contribution in [0.1, 0.15) is 5.56 Å². The highest BCUT2D eigenvalue weighted by molar-refractivity contribution is 6.37.